The highest BCUT2D eigenvalue weighted by Gasteiger charge is 2.14. The number of hydrogen-bond acceptors (Lipinski definition) is 5. The van der Waals surface area contributed by atoms with Crippen LogP contribution in [0.15, 0.2) is 18.2 Å². The minimum Gasteiger partial charge on any atom is -0.484 e. The number of benzene rings is 1. The number of carbonyl (C=O) groups is 1. The maximum atomic E-state index is 11.5. The average Bonchev–Trinajstić information content (AvgIpc) is 2.83. The number of nitrogens with one attached hydrogen (secondary N) is 1. The van der Waals surface area contributed by atoms with Gasteiger partial charge in [-0.2, -0.15) is 0 Å². The standard InChI is InChI=1S/C13H17NO5/c1-9(2)17-7-14-13(15)6-16-10-3-4-11-12(5-10)19-8-18-11/h3-5,9H,6-8H2,1-2H3,(H,14,15). The average molecular weight is 267 g/mol. The lowest BCUT2D eigenvalue weighted by Crippen LogP contribution is -2.31. The van der Waals surface area contributed by atoms with Crippen molar-refractivity contribution in [1.29, 1.82) is 0 Å². The van der Waals surface area contributed by atoms with Crippen molar-refractivity contribution >= 4 is 5.91 Å². The molecule has 6 nitrogen and oxygen atoms in total. The maximum absolute atomic E-state index is 11.5. The summed E-state index contributed by atoms with van der Waals surface area (Å²) < 4.78 is 20.9. The van der Waals surface area contributed by atoms with Crippen LogP contribution in [0.2, 0.25) is 0 Å². The number of fused-ring (bicyclic) bond motifs is 1. The molecule has 0 atom stereocenters. The summed E-state index contributed by atoms with van der Waals surface area (Å²) >= 11 is 0. The molecule has 1 heterocycles. The van der Waals surface area contributed by atoms with Crippen LogP contribution in [-0.4, -0.2) is 32.1 Å². The van der Waals surface area contributed by atoms with Crippen molar-refractivity contribution in [2.45, 2.75) is 20.0 Å². The smallest absolute Gasteiger partial charge is 0.259 e. The van der Waals surface area contributed by atoms with Crippen molar-refractivity contribution in [3.63, 3.8) is 0 Å². The highest BCUT2D eigenvalue weighted by molar-refractivity contribution is 5.77. The Balaban J connectivity index is 1.74. The summed E-state index contributed by atoms with van der Waals surface area (Å²) in [6, 6.07) is 5.17. The zero-order valence-electron chi connectivity index (χ0n) is 11.0. The lowest BCUT2D eigenvalue weighted by Gasteiger charge is -2.10. The molecule has 0 fully saturated rings. The molecule has 0 unspecified atom stereocenters. The van der Waals surface area contributed by atoms with Crippen LogP contribution >= 0.6 is 0 Å². The Morgan fingerprint density at radius 3 is 2.95 bits per heavy atom. The Morgan fingerprint density at radius 1 is 1.37 bits per heavy atom. The van der Waals surface area contributed by atoms with Gasteiger partial charge >= 0.3 is 0 Å². The van der Waals surface area contributed by atoms with E-state index in [4.69, 9.17) is 18.9 Å². The summed E-state index contributed by atoms with van der Waals surface area (Å²) in [6.07, 6.45) is 0.0788. The van der Waals surface area contributed by atoms with Gasteiger partial charge in [-0.15, -0.1) is 0 Å². The van der Waals surface area contributed by atoms with Crippen molar-refractivity contribution in [3.05, 3.63) is 18.2 Å². The van der Waals surface area contributed by atoms with Crippen LogP contribution in [-0.2, 0) is 9.53 Å². The Hall–Kier alpha value is -1.95. The lowest BCUT2D eigenvalue weighted by molar-refractivity contribution is -0.125. The summed E-state index contributed by atoms with van der Waals surface area (Å²) in [5, 5.41) is 2.59. The summed E-state index contributed by atoms with van der Waals surface area (Å²) in [4.78, 5) is 11.5. The van der Waals surface area contributed by atoms with Crippen molar-refractivity contribution in [1.82, 2.24) is 5.32 Å². The van der Waals surface area contributed by atoms with Crippen molar-refractivity contribution < 1.29 is 23.7 Å². The number of carbonyl (C=O) groups excluding carboxylic acids is 1. The fourth-order valence-corrected chi connectivity index (χ4v) is 1.46. The van der Waals surface area contributed by atoms with Crippen molar-refractivity contribution in [2.75, 3.05) is 20.1 Å². The normalized spacial score (nSPS) is 12.6. The Kier molecular flexibility index (Phi) is 4.46. The van der Waals surface area contributed by atoms with E-state index in [1.165, 1.54) is 0 Å². The van der Waals surface area contributed by atoms with E-state index < -0.39 is 0 Å². The monoisotopic (exact) mass is 267 g/mol. The maximum Gasteiger partial charge on any atom is 0.259 e. The van der Waals surface area contributed by atoms with E-state index in [1.54, 1.807) is 18.2 Å². The van der Waals surface area contributed by atoms with Gasteiger partial charge in [0.15, 0.2) is 18.1 Å². The minimum atomic E-state index is -0.238. The summed E-state index contributed by atoms with van der Waals surface area (Å²) in [5.74, 6) is 1.63. The molecule has 1 N–H and O–H groups in total. The second-order valence-electron chi connectivity index (χ2n) is 4.26. The molecule has 1 aliphatic rings. The first kappa shape index (κ1) is 13.5. The van der Waals surface area contributed by atoms with E-state index in [0.717, 1.165) is 0 Å². The second kappa shape index (κ2) is 6.29. The van der Waals surface area contributed by atoms with E-state index >= 15 is 0 Å². The third-order valence-electron chi connectivity index (χ3n) is 2.40. The number of amides is 1. The van der Waals surface area contributed by atoms with Gasteiger partial charge in [0.05, 0.1) is 6.10 Å². The Labute approximate surface area is 111 Å². The SMILES string of the molecule is CC(C)OCNC(=O)COc1ccc2c(c1)OCO2. The molecule has 0 aromatic heterocycles. The summed E-state index contributed by atoms with van der Waals surface area (Å²) in [6.45, 7) is 4.12. The quantitative estimate of drug-likeness (QED) is 0.787. The van der Waals surface area contributed by atoms with Crippen LogP contribution < -0.4 is 19.5 Å². The predicted octanol–water partition coefficient (Wildman–Crippen LogP) is 1.29. The molecule has 0 saturated carbocycles. The van der Waals surface area contributed by atoms with Crippen LogP contribution in [0.5, 0.6) is 17.2 Å². The Morgan fingerprint density at radius 2 is 2.16 bits per heavy atom. The van der Waals surface area contributed by atoms with Crippen molar-refractivity contribution in [2.24, 2.45) is 0 Å². The van der Waals surface area contributed by atoms with Gasteiger partial charge in [0, 0.05) is 6.07 Å². The molecular weight excluding hydrogens is 250 g/mol. The zero-order chi connectivity index (χ0) is 13.7. The molecule has 19 heavy (non-hydrogen) atoms. The van der Waals surface area contributed by atoms with Gasteiger partial charge in [0.25, 0.3) is 5.91 Å². The molecule has 2 rings (SSSR count). The first-order valence-corrected chi connectivity index (χ1v) is 6.06. The van der Waals surface area contributed by atoms with Gasteiger partial charge < -0.3 is 24.3 Å². The van der Waals surface area contributed by atoms with Gasteiger partial charge in [0.2, 0.25) is 6.79 Å². The fourth-order valence-electron chi connectivity index (χ4n) is 1.46. The third kappa shape index (κ3) is 4.03. The fraction of sp³-hybridized carbons (Fsp3) is 0.462. The summed E-state index contributed by atoms with van der Waals surface area (Å²) in [7, 11) is 0. The van der Waals surface area contributed by atoms with Crippen LogP contribution in [0.3, 0.4) is 0 Å². The number of hydrogen-bond donors (Lipinski definition) is 1. The first-order chi connectivity index (χ1) is 9.15. The zero-order valence-corrected chi connectivity index (χ0v) is 11.0. The molecule has 0 aliphatic carbocycles. The van der Waals surface area contributed by atoms with Crippen LogP contribution in [0.1, 0.15) is 13.8 Å². The molecule has 1 aromatic rings. The van der Waals surface area contributed by atoms with Crippen molar-refractivity contribution in [3.8, 4) is 17.2 Å². The molecule has 6 heteroatoms. The van der Waals surface area contributed by atoms with E-state index in [9.17, 15) is 4.79 Å². The largest absolute Gasteiger partial charge is 0.484 e. The van der Waals surface area contributed by atoms with Gasteiger partial charge in [-0.05, 0) is 26.0 Å². The van der Waals surface area contributed by atoms with Gasteiger partial charge in [-0.1, -0.05) is 0 Å². The van der Waals surface area contributed by atoms with E-state index in [-0.39, 0.29) is 32.1 Å². The molecule has 1 amide bonds. The third-order valence-corrected chi connectivity index (χ3v) is 2.40. The predicted molar refractivity (Wildman–Crippen MR) is 67.3 cm³/mol. The van der Waals surface area contributed by atoms with E-state index in [0.29, 0.717) is 17.2 Å². The number of ether oxygens (including phenoxy) is 4. The highest BCUT2D eigenvalue weighted by Crippen LogP contribution is 2.34. The van der Waals surface area contributed by atoms with Gasteiger partial charge in [-0.25, -0.2) is 0 Å². The first-order valence-electron chi connectivity index (χ1n) is 6.06. The molecule has 0 radical (unpaired) electrons. The topological polar surface area (TPSA) is 66.0 Å². The van der Waals surface area contributed by atoms with Crippen LogP contribution in [0, 0.1) is 0 Å². The second-order valence-corrected chi connectivity index (χ2v) is 4.26. The number of rotatable bonds is 6. The van der Waals surface area contributed by atoms with E-state index in [2.05, 4.69) is 5.32 Å². The molecule has 104 valence electrons. The molecule has 0 bridgehead atoms. The lowest BCUT2D eigenvalue weighted by atomic mass is 10.3. The highest BCUT2D eigenvalue weighted by atomic mass is 16.7. The van der Waals surface area contributed by atoms with Gasteiger partial charge in [-0.3, -0.25) is 4.79 Å². The van der Waals surface area contributed by atoms with Crippen LogP contribution in [0.25, 0.3) is 0 Å². The molecular formula is C13H17NO5. The Bertz CT molecular complexity index is 447. The van der Waals surface area contributed by atoms with E-state index in [1.807, 2.05) is 13.8 Å². The molecule has 1 aliphatic heterocycles. The van der Waals surface area contributed by atoms with Crippen LogP contribution in [0.4, 0.5) is 0 Å². The minimum absolute atomic E-state index is 0.0684. The molecule has 0 spiro atoms. The molecule has 1 aromatic carbocycles. The molecule has 0 saturated heterocycles. The summed E-state index contributed by atoms with van der Waals surface area (Å²) in [5.41, 5.74) is 0. The van der Waals surface area contributed by atoms with Gasteiger partial charge in [0.1, 0.15) is 12.5 Å².